The standard InChI is InChI=1S/C20H17Cl2NO4/c1-11-14(9-12-3-5-13(21)6-4-12)20(25)18-16(27-10-17(24)26-2)8-7-15(22)19(18)23-11/h3-8H,9-10H2,1-2H3,(H,23,25). The quantitative estimate of drug-likeness (QED) is 0.642. The SMILES string of the molecule is COC(=O)COc1ccc(Cl)c2[nH]c(C)c(Cc3ccc(Cl)cc3)c(=O)c12. The average molecular weight is 406 g/mol. The number of halogens is 2. The second-order valence-electron chi connectivity index (χ2n) is 6.02. The lowest BCUT2D eigenvalue weighted by molar-refractivity contribution is -0.142. The zero-order valence-corrected chi connectivity index (χ0v) is 16.3. The number of carbonyl (C=O) groups is 1. The predicted molar refractivity (Wildman–Crippen MR) is 106 cm³/mol. The molecule has 0 saturated carbocycles. The van der Waals surface area contributed by atoms with Crippen LogP contribution in [0.5, 0.6) is 5.75 Å². The lowest BCUT2D eigenvalue weighted by Gasteiger charge is -2.13. The molecule has 3 aromatic rings. The Morgan fingerprint density at radius 2 is 1.81 bits per heavy atom. The van der Waals surface area contributed by atoms with E-state index >= 15 is 0 Å². The maximum absolute atomic E-state index is 13.2. The number of esters is 1. The number of benzene rings is 2. The van der Waals surface area contributed by atoms with Crippen LogP contribution in [0, 0.1) is 6.92 Å². The van der Waals surface area contributed by atoms with Gasteiger partial charge < -0.3 is 14.5 Å². The number of aromatic amines is 1. The van der Waals surface area contributed by atoms with Crippen LogP contribution in [-0.4, -0.2) is 24.7 Å². The minimum atomic E-state index is -0.539. The van der Waals surface area contributed by atoms with Crippen molar-refractivity contribution in [1.29, 1.82) is 0 Å². The van der Waals surface area contributed by atoms with Crippen molar-refractivity contribution in [3.63, 3.8) is 0 Å². The summed E-state index contributed by atoms with van der Waals surface area (Å²) in [7, 11) is 1.27. The molecule has 0 aliphatic rings. The molecule has 0 aliphatic carbocycles. The van der Waals surface area contributed by atoms with Crippen LogP contribution < -0.4 is 10.2 Å². The highest BCUT2D eigenvalue weighted by Crippen LogP contribution is 2.29. The predicted octanol–water partition coefficient (Wildman–Crippen LogP) is 4.29. The second kappa shape index (κ2) is 8.03. The van der Waals surface area contributed by atoms with Gasteiger partial charge in [0, 0.05) is 22.7 Å². The van der Waals surface area contributed by atoms with Gasteiger partial charge >= 0.3 is 5.97 Å². The maximum Gasteiger partial charge on any atom is 0.343 e. The van der Waals surface area contributed by atoms with Gasteiger partial charge in [0.25, 0.3) is 0 Å². The Morgan fingerprint density at radius 3 is 2.48 bits per heavy atom. The molecule has 0 atom stereocenters. The van der Waals surface area contributed by atoms with Gasteiger partial charge in [0.2, 0.25) is 0 Å². The number of pyridine rings is 1. The molecule has 1 heterocycles. The summed E-state index contributed by atoms with van der Waals surface area (Å²) in [5.41, 5.74) is 2.54. The van der Waals surface area contributed by atoms with Gasteiger partial charge in [0.1, 0.15) is 5.75 Å². The van der Waals surface area contributed by atoms with Crippen LogP contribution in [0.25, 0.3) is 10.9 Å². The van der Waals surface area contributed by atoms with Crippen molar-refractivity contribution in [3.05, 3.63) is 73.5 Å². The molecule has 0 radical (unpaired) electrons. The van der Waals surface area contributed by atoms with E-state index in [2.05, 4.69) is 9.72 Å². The highest BCUT2D eigenvalue weighted by atomic mass is 35.5. The number of methoxy groups -OCH3 is 1. The van der Waals surface area contributed by atoms with Gasteiger partial charge in [-0.25, -0.2) is 4.79 Å². The monoisotopic (exact) mass is 405 g/mol. The fraction of sp³-hybridized carbons (Fsp3) is 0.200. The van der Waals surface area contributed by atoms with Crippen molar-refractivity contribution in [2.24, 2.45) is 0 Å². The Kier molecular flexibility index (Phi) is 5.73. The van der Waals surface area contributed by atoms with Crippen molar-refractivity contribution < 1.29 is 14.3 Å². The van der Waals surface area contributed by atoms with Gasteiger partial charge in [0.15, 0.2) is 12.0 Å². The van der Waals surface area contributed by atoms with Crippen LogP contribution in [0.2, 0.25) is 10.0 Å². The molecule has 0 fully saturated rings. The summed E-state index contributed by atoms with van der Waals surface area (Å²) >= 11 is 12.2. The molecular formula is C20H17Cl2NO4. The van der Waals surface area contributed by atoms with E-state index in [1.54, 1.807) is 24.3 Å². The van der Waals surface area contributed by atoms with E-state index in [0.717, 1.165) is 11.3 Å². The van der Waals surface area contributed by atoms with Gasteiger partial charge in [-0.05, 0) is 36.8 Å². The summed E-state index contributed by atoms with van der Waals surface area (Å²) in [6.45, 7) is 1.53. The Balaban J connectivity index is 2.11. The van der Waals surface area contributed by atoms with E-state index in [4.69, 9.17) is 27.9 Å². The molecule has 7 heteroatoms. The van der Waals surface area contributed by atoms with Gasteiger partial charge in [-0.3, -0.25) is 4.79 Å². The third-order valence-electron chi connectivity index (χ3n) is 4.25. The van der Waals surface area contributed by atoms with Crippen LogP contribution in [0.1, 0.15) is 16.8 Å². The maximum atomic E-state index is 13.2. The van der Waals surface area contributed by atoms with Crippen LogP contribution in [-0.2, 0) is 16.0 Å². The number of rotatable bonds is 5. The Morgan fingerprint density at radius 1 is 1.11 bits per heavy atom. The number of ether oxygens (including phenoxy) is 2. The fourth-order valence-corrected chi connectivity index (χ4v) is 3.16. The van der Waals surface area contributed by atoms with E-state index in [9.17, 15) is 9.59 Å². The smallest absolute Gasteiger partial charge is 0.343 e. The molecule has 1 aromatic heterocycles. The minimum Gasteiger partial charge on any atom is -0.481 e. The number of aryl methyl sites for hydroxylation is 1. The van der Waals surface area contributed by atoms with Crippen molar-refractivity contribution in [3.8, 4) is 5.75 Å². The fourth-order valence-electron chi connectivity index (χ4n) is 2.83. The summed E-state index contributed by atoms with van der Waals surface area (Å²) in [5.74, 6) is -0.263. The van der Waals surface area contributed by atoms with E-state index in [0.29, 0.717) is 32.9 Å². The largest absolute Gasteiger partial charge is 0.481 e. The van der Waals surface area contributed by atoms with E-state index in [1.807, 2.05) is 19.1 Å². The van der Waals surface area contributed by atoms with Crippen LogP contribution in [0.15, 0.2) is 41.2 Å². The molecule has 5 nitrogen and oxygen atoms in total. The summed E-state index contributed by atoms with van der Waals surface area (Å²) in [4.78, 5) is 27.8. The van der Waals surface area contributed by atoms with Crippen LogP contribution in [0.4, 0.5) is 0 Å². The average Bonchev–Trinajstić information content (AvgIpc) is 2.66. The zero-order valence-electron chi connectivity index (χ0n) is 14.8. The zero-order chi connectivity index (χ0) is 19.6. The second-order valence-corrected chi connectivity index (χ2v) is 6.86. The minimum absolute atomic E-state index is 0.196. The number of fused-ring (bicyclic) bond motifs is 1. The molecule has 3 rings (SSSR count). The molecule has 27 heavy (non-hydrogen) atoms. The summed E-state index contributed by atoms with van der Waals surface area (Å²) in [6.07, 6.45) is 0.428. The van der Waals surface area contributed by atoms with Crippen molar-refractivity contribution in [1.82, 2.24) is 4.98 Å². The van der Waals surface area contributed by atoms with E-state index < -0.39 is 5.97 Å². The van der Waals surface area contributed by atoms with Crippen LogP contribution in [0.3, 0.4) is 0 Å². The molecule has 0 saturated heterocycles. The molecule has 1 N–H and O–H groups in total. The molecule has 0 amide bonds. The highest BCUT2D eigenvalue weighted by molar-refractivity contribution is 6.35. The van der Waals surface area contributed by atoms with Gasteiger partial charge in [-0.15, -0.1) is 0 Å². The van der Waals surface area contributed by atoms with Crippen LogP contribution >= 0.6 is 23.2 Å². The molecule has 0 unspecified atom stereocenters. The number of nitrogens with one attached hydrogen (secondary N) is 1. The lowest BCUT2D eigenvalue weighted by Crippen LogP contribution is -2.17. The first-order valence-electron chi connectivity index (χ1n) is 8.18. The summed E-state index contributed by atoms with van der Waals surface area (Å²) < 4.78 is 10.1. The number of aromatic nitrogens is 1. The number of H-pyrrole nitrogens is 1. The molecule has 0 bridgehead atoms. The lowest BCUT2D eigenvalue weighted by atomic mass is 10.0. The topological polar surface area (TPSA) is 68.4 Å². The third kappa shape index (κ3) is 4.10. The van der Waals surface area contributed by atoms with E-state index in [1.165, 1.54) is 7.11 Å². The first-order valence-corrected chi connectivity index (χ1v) is 8.94. The summed E-state index contributed by atoms with van der Waals surface area (Å²) in [6, 6.07) is 10.5. The first kappa shape index (κ1) is 19.3. The van der Waals surface area contributed by atoms with Crippen molar-refractivity contribution >= 4 is 40.1 Å². The number of carbonyl (C=O) groups excluding carboxylic acids is 1. The first-order chi connectivity index (χ1) is 12.9. The highest BCUT2D eigenvalue weighted by Gasteiger charge is 2.17. The van der Waals surface area contributed by atoms with Crippen molar-refractivity contribution in [2.75, 3.05) is 13.7 Å². The van der Waals surface area contributed by atoms with Gasteiger partial charge in [-0.2, -0.15) is 0 Å². The molecule has 0 spiro atoms. The number of hydrogen-bond donors (Lipinski definition) is 1. The Labute approximate surface area is 165 Å². The van der Waals surface area contributed by atoms with Crippen molar-refractivity contribution in [2.45, 2.75) is 13.3 Å². The van der Waals surface area contributed by atoms with E-state index in [-0.39, 0.29) is 17.8 Å². The normalized spacial score (nSPS) is 10.8. The molecule has 140 valence electrons. The number of hydrogen-bond acceptors (Lipinski definition) is 4. The third-order valence-corrected chi connectivity index (χ3v) is 4.82. The van der Waals surface area contributed by atoms with Gasteiger partial charge in [-0.1, -0.05) is 35.3 Å². The van der Waals surface area contributed by atoms with Gasteiger partial charge in [0.05, 0.1) is 23.0 Å². The molecular weight excluding hydrogens is 389 g/mol. The Hall–Kier alpha value is -2.50. The Bertz CT molecular complexity index is 1060. The molecule has 0 aliphatic heterocycles. The summed E-state index contributed by atoms with van der Waals surface area (Å²) in [5, 5.41) is 1.34. The molecule has 2 aromatic carbocycles.